The van der Waals surface area contributed by atoms with E-state index in [9.17, 15) is 8.42 Å². The maximum Gasteiger partial charge on any atom is 0.221 e. The first-order valence-electron chi connectivity index (χ1n) is 15.8. The van der Waals surface area contributed by atoms with Gasteiger partial charge >= 0.3 is 0 Å². The molecule has 45 heavy (non-hydrogen) atoms. The lowest BCUT2D eigenvalue weighted by Crippen LogP contribution is -2.55. The van der Waals surface area contributed by atoms with Gasteiger partial charge in [0.15, 0.2) is 0 Å². The van der Waals surface area contributed by atoms with Crippen LogP contribution in [0.2, 0.25) is 25.7 Å². The van der Waals surface area contributed by atoms with Crippen LogP contribution in [0.1, 0.15) is 73.7 Å². The molecule has 3 aromatic rings. The Bertz CT molecular complexity index is 1540. The number of aryl methyl sites for hydroxylation is 1. The van der Waals surface area contributed by atoms with Gasteiger partial charge in [0.25, 0.3) is 0 Å². The van der Waals surface area contributed by atoms with Crippen LogP contribution in [0.15, 0.2) is 48.8 Å². The fourth-order valence-electron chi connectivity index (χ4n) is 6.95. The van der Waals surface area contributed by atoms with E-state index in [0.29, 0.717) is 56.5 Å². The molecule has 246 valence electrons. The molecule has 0 amide bonds. The maximum atomic E-state index is 16.1. The molecule has 2 fully saturated rings. The van der Waals surface area contributed by atoms with E-state index in [4.69, 9.17) is 9.47 Å². The average Bonchev–Trinajstić information content (AvgIpc) is 3.48. The van der Waals surface area contributed by atoms with E-state index < -0.39 is 46.0 Å². The van der Waals surface area contributed by atoms with Crippen LogP contribution >= 0.6 is 0 Å². The van der Waals surface area contributed by atoms with Gasteiger partial charge in [-0.3, -0.25) is 5.10 Å². The summed E-state index contributed by atoms with van der Waals surface area (Å²) in [6, 6.07) is 12.2. The van der Waals surface area contributed by atoms with Gasteiger partial charge in [-0.05, 0) is 75.3 Å². The number of H-pyrrole nitrogens is 1. The van der Waals surface area contributed by atoms with Gasteiger partial charge in [-0.15, -0.1) is 0 Å². The lowest BCUT2D eigenvalue weighted by Gasteiger charge is -2.55. The van der Waals surface area contributed by atoms with Crippen LogP contribution in [-0.2, 0) is 37.9 Å². The highest BCUT2D eigenvalue weighted by Crippen LogP contribution is 2.55. The van der Waals surface area contributed by atoms with Crippen LogP contribution in [0, 0.1) is 11.6 Å². The van der Waals surface area contributed by atoms with Gasteiger partial charge in [-0.1, -0.05) is 50.0 Å². The van der Waals surface area contributed by atoms with Crippen molar-refractivity contribution in [1.82, 2.24) is 19.5 Å². The van der Waals surface area contributed by atoms with Crippen molar-refractivity contribution in [2.75, 3.05) is 13.4 Å². The molecule has 2 heterocycles. The van der Waals surface area contributed by atoms with E-state index in [1.807, 2.05) is 32.0 Å². The summed E-state index contributed by atoms with van der Waals surface area (Å²) in [4.78, 5) is 4.22. The van der Waals surface area contributed by atoms with Crippen LogP contribution in [-0.4, -0.2) is 61.0 Å². The Balaban J connectivity index is 1.35. The molecule has 0 spiro atoms. The Morgan fingerprint density at radius 1 is 1.09 bits per heavy atom. The number of benzene rings is 2. The molecule has 0 radical (unpaired) electrons. The van der Waals surface area contributed by atoms with Crippen molar-refractivity contribution in [2.24, 2.45) is 0 Å². The lowest BCUT2D eigenvalue weighted by atomic mass is 9.54. The molecule has 2 aliphatic rings. The van der Waals surface area contributed by atoms with Crippen molar-refractivity contribution < 1.29 is 26.7 Å². The Morgan fingerprint density at radius 3 is 2.49 bits per heavy atom. The number of aromatic nitrogens is 3. The molecule has 2 atom stereocenters. The van der Waals surface area contributed by atoms with E-state index in [0.717, 1.165) is 6.04 Å². The lowest BCUT2D eigenvalue weighted by molar-refractivity contribution is -0.190. The van der Waals surface area contributed by atoms with Crippen LogP contribution in [0.25, 0.3) is 0 Å². The van der Waals surface area contributed by atoms with Crippen molar-refractivity contribution in [2.45, 2.75) is 107 Å². The number of halogens is 2. The van der Waals surface area contributed by atoms with E-state index in [2.05, 4.69) is 34.8 Å². The minimum atomic E-state index is -3.80. The van der Waals surface area contributed by atoms with Gasteiger partial charge in [-0.25, -0.2) is 22.2 Å². The maximum absolute atomic E-state index is 16.1. The van der Waals surface area contributed by atoms with E-state index >= 15 is 8.78 Å². The molecule has 0 bridgehead atoms. The zero-order chi connectivity index (χ0) is 32.5. The Labute approximate surface area is 267 Å². The van der Waals surface area contributed by atoms with Crippen LogP contribution in [0.5, 0.6) is 0 Å². The topological polar surface area (TPSA) is 97.4 Å². The fourth-order valence-corrected chi connectivity index (χ4v) is 9.89. The summed E-state index contributed by atoms with van der Waals surface area (Å²) >= 11 is 0. The summed E-state index contributed by atoms with van der Waals surface area (Å²) in [5, 5.41) is 6.07. The third-order valence-electron chi connectivity index (χ3n) is 9.45. The van der Waals surface area contributed by atoms with Crippen molar-refractivity contribution in [3.8, 4) is 0 Å². The zero-order valence-electron chi connectivity index (χ0n) is 27.0. The Morgan fingerprint density at radius 2 is 1.82 bits per heavy atom. The highest BCUT2D eigenvalue weighted by molar-refractivity contribution is 7.89. The largest absolute Gasteiger partial charge is 0.356 e. The number of nitrogens with one attached hydrogen (secondary N) is 1. The number of hydrogen-bond donors (Lipinski definition) is 1. The smallest absolute Gasteiger partial charge is 0.221 e. The second kappa shape index (κ2) is 13.3. The molecule has 1 aromatic heterocycles. The summed E-state index contributed by atoms with van der Waals surface area (Å²) in [6.45, 7) is 11.2. The molecule has 2 aromatic carbocycles. The zero-order valence-corrected chi connectivity index (χ0v) is 28.8. The first-order chi connectivity index (χ1) is 21.2. The Kier molecular flexibility index (Phi) is 10.0. The number of sulfonamides is 1. The second-order valence-electron chi connectivity index (χ2n) is 14.3. The number of nitrogens with zero attached hydrogens (tertiary/aromatic N) is 3. The summed E-state index contributed by atoms with van der Waals surface area (Å²) in [7, 11) is -5.02. The number of rotatable bonds is 13. The minimum Gasteiger partial charge on any atom is -0.356 e. The molecule has 8 nitrogen and oxygen atoms in total. The van der Waals surface area contributed by atoms with Crippen LogP contribution in [0.4, 0.5) is 8.78 Å². The molecule has 12 heteroatoms. The fraction of sp³-hybridized carbons (Fsp3) is 0.576. The molecule has 5 rings (SSSR count). The summed E-state index contributed by atoms with van der Waals surface area (Å²) < 4.78 is 72.7. The summed E-state index contributed by atoms with van der Waals surface area (Å²) in [5.41, 5.74) is -0.222. The van der Waals surface area contributed by atoms with Gasteiger partial charge in [0.2, 0.25) is 10.0 Å². The quantitative estimate of drug-likeness (QED) is 0.122. The first kappa shape index (κ1) is 33.8. The van der Waals surface area contributed by atoms with Crippen molar-refractivity contribution in [1.29, 1.82) is 0 Å². The second-order valence-corrected chi connectivity index (χ2v) is 22.0. The monoisotopic (exact) mass is 660 g/mol. The Hall–Kier alpha value is -2.51. The van der Waals surface area contributed by atoms with Gasteiger partial charge < -0.3 is 9.47 Å². The highest BCUT2D eigenvalue weighted by atomic mass is 32.2. The van der Waals surface area contributed by atoms with Crippen molar-refractivity contribution in [3.05, 3.63) is 82.9 Å². The SMILES string of the molecule is C[C@H]1CC[C@H](c2ccccc2)S(=O)(=O)N1Cc1cc(F)c(C2(CCc3ncn[nH]3)CC(C)(OCOCC[Si](C)(C)C)C2)cc1F. The molecule has 1 saturated carbocycles. The average molecular weight is 661 g/mol. The third kappa shape index (κ3) is 7.73. The highest BCUT2D eigenvalue weighted by Gasteiger charge is 2.54. The third-order valence-corrected chi connectivity index (χ3v) is 13.5. The molecule has 1 aliphatic carbocycles. The van der Waals surface area contributed by atoms with Gasteiger partial charge in [0.05, 0.1) is 5.60 Å². The number of ether oxygens (including phenoxy) is 2. The van der Waals surface area contributed by atoms with Crippen LogP contribution in [0.3, 0.4) is 0 Å². The van der Waals surface area contributed by atoms with Crippen molar-refractivity contribution >= 4 is 18.1 Å². The van der Waals surface area contributed by atoms with E-state index in [-0.39, 0.29) is 30.5 Å². The minimum absolute atomic E-state index is 0.0277. The summed E-state index contributed by atoms with van der Waals surface area (Å²) in [6.07, 6.45) is 4.54. The molecular formula is C33H46F2N4O4SSi. The first-order valence-corrected chi connectivity index (χ1v) is 21.0. The predicted octanol–water partition coefficient (Wildman–Crippen LogP) is 6.89. The standard InChI is InChI=1S/C33H46F2N4O4SSi/c1-24-11-12-30(25-9-7-6-8-10-25)44(40,41)39(24)19-26-17-29(35)27(18-28(26)34)33(14-13-31-36-22-37-38-31)20-32(2,21-33)43-23-42-15-16-45(3,4)5/h6-10,17-18,22,24,30H,11-16,19-21,23H2,1-5H3,(H,36,37,38)/t24-,30+,32?,33?/m0/s1. The van der Waals surface area contributed by atoms with E-state index in [1.54, 1.807) is 12.1 Å². The van der Waals surface area contributed by atoms with Gasteiger partial charge in [0, 0.05) is 44.7 Å². The predicted molar refractivity (Wildman–Crippen MR) is 173 cm³/mol. The van der Waals surface area contributed by atoms with Crippen LogP contribution < -0.4 is 0 Å². The van der Waals surface area contributed by atoms with Gasteiger partial charge in [0.1, 0.15) is 35.8 Å². The molecular weight excluding hydrogens is 615 g/mol. The molecule has 1 aliphatic heterocycles. The van der Waals surface area contributed by atoms with Gasteiger partial charge in [-0.2, -0.15) is 9.40 Å². The number of hydrogen-bond acceptors (Lipinski definition) is 6. The number of aromatic amines is 1. The molecule has 1 saturated heterocycles. The summed E-state index contributed by atoms with van der Waals surface area (Å²) in [5.74, 6) is -0.480. The molecule has 1 N–H and O–H groups in total. The van der Waals surface area contributed by atoms with E-state index in [1.165, 1.54) is 22.8 Å². The van der Waals surface area contributed by atoms with Crippen molar-refractivity contribution in [3.63, 3.8) is 0 Å². The normalized spacial score (nSPS) is 26.9. The molecule has 0 unspecified atom stereocenters.